The van der Waals surface area contributed by atoms with Crippen molar-refractivity contribution < 1.29 is 4.79 Å². The summed E-state index contributed by atoms with van der Waals surface area (Å²) in [5, 5.41) is 14.2. The predicted molar refractivity (Wildman–Crippen MR) is 82.1 cm³/mol. The summed E-state index contributed by atoms with van der Waals surface area (Å²) in [7, 11) is 0. The van der Waals surface area contributed by atoms with Crippen LogP contribution in [0.1, 0.15) is 5.56 Å². The molecule has 1 heterocycles. The van der Waals surface area contributed by atoms with E-state index in [9.17, 15) is 4.79 Å². The Morgan fingerprint density at radius 3 is 2.41 bits per heavy atom. The van der Waals surface area contributed by atoms with E-state index in [1.54, 1.807) is 0 Å². The molecule has 1 amide bonds. The first-order chi connectivity index (χ1) is 10.8. The van der Waals surface area contributed by atoms with Crippen molar-refractivity contribution in [3.63, 3.8) is 0 Å². The minimum absolute atomic E-state index is 0.199. The minimum Gasteiger partial charge on any atom is -0.322 e. The molecule has 0 fully saturated rings. The zero-order valence-corrected chi connectivity index (χ0v) is 11.7. The van der Waals surface area contributed by atoms with Crippen molar-refractivity contribution in [2.75, 3.05) is 10.7 Å². The molecule has 22 heavy (non-hydrogen) atoms. The number of aromatic nitrogens is 4. The molecule has 7 nitrogen and oxygen atoms in total. The lowest BCUT2D eigenvalue weighted by Crippen LogP contribution is -2.26. The highest BCUT2D eigenvalue weighted by molar-refractivity contribution is 5.86. The maximum absolute atomic E-state index is 12.0. The molecule has 2 aromatic carbocycles. The van der Waals surface area contributed by atoms with Gasteiger partial charge < -0.3 is 5.32 Å². The molecule has 110 valence electrons. The van der Waals surface area contributed by atoms with Gasteiger partial charge in [0.25, 0.3) is 5.95 Å². The Kier molecular flexibility index (Phi) is 4.05. The summed E-state index contributed by atoms with van der Waals surface area (Å²) in [5.74, 6) is 0.141. The van der Waals surface area contributed by atoms with Gasteiger partial charge in [0.05, 0.1) is 6.42 Å². The standard InChI is InChI=1S/C15H14N6O/c22-14(11-12-7-3-1-4-8-12)18-21-15(17-19-20-21)16-13-9-5-2-6-10-13/h1-10H,11H2,(H,18,22)(H,16,17,20). The van der Waals surface area contributed by atoms with E-state index in [0.29, 0.717) is 5.95 Å². The largest absolute Gasteiger partial charge is 0.322 e. The van der Waals surface area contributed by atoms with Crippen molar-refractivity contribution in [2.24, 2.45) is 0 Å². The zero-order valence-electron chi connectivity index (χ0n) is 11.7. The van der Waals surface area contributed by atoms with Crippen molar-refractivity contribution in [1.29, 1.82) is 0 Å². The van der Waals surface area contributed by atoms with Crippen molar-refractivity contribution in [3.8, 4) is 0 Å². The SMILES string of the molecule is O=C(Cc1ccccc1)Nn1nnnc1Nc1ccccc1. The summed E-state index contributed by atoms with van der Waals surface area (Å²) in [6.07, 6.45) is 0.255. The Hall–Kier alpha value is -3.22. The van der Waals surface area contributed by atoms with Gasteiger partial charge >= 0.3 is 0 Å². The monoisotopic (exact) mass is 294 g/mol. The molecule has 0 aliphatic rings. The number of benzene rings is 2. The highest BCUT2D eigenvalue weighted by Crippen LogP contribution is 2.11. The van der Waals surface area contributed by atoms with Gasteiger partial charge in [-0.15, -0.1) is 4.79 Å². The molecule has 0 radical (unpaired) electrons. The van der Waals surface area contributed by atoms with Crippen LogP contribution in [0.2, 0.25) is 0 Å². The fourth-order valence-electron chi connectivity index (χ4n) is 1.93. The van der Waals surface area contributed by atoms with Crippen LogP contribution in [0, 0.1) is 0 Å². The van der Waals surface area contributed by atoms with Crippen molar-refractivity contribution in [2.45, 2.75) is 6.42 Å². The Bertz CT molecular complexity index is 741. The maximum Gasteiger partial charge on any atom is 0.267 e. The van der Waals surface area contributed by atoms with Crippen LogP contribution in [0.4, 0.5) is 11.6 Å². The first-order valence-electron chi connectivity index (χ1n) is 6.75. The Balaban J connectivity index is 1.66. The molecular weight excluding hydrogens is 280 g/mol. The number of carbonyl (C=O) groups is 1. The summed E-state index contributed by atoms with van der Waals surface area (Å²) < 4.78 is 0. The van der Waals surface area contributed by atoms with Gasteiger partial charge in [0.2, 0.25) is 5.91 Å². The third kappa shape index (κ3) is 3.45. The molecule has 3 aromatic rings. The fourth-order valence-corrected chi connectivity index (χ4v) is 1.93. The third-order valence-electron chi connectivity index (χ3n) is 2.94. The van der Waals surface area contributed by atoms with E-state index < -0.39 is 0 Å². The number of nitrogens with one attached hydrogen (secondary N) is 2. The Labute approximate surface area is 126 Å². The van der Waals surface area contributed by atoms with Gasteiger partial charge in [-0.25, -0.2) is 5.43 Å². The molecule has 2 N–H and O–H groups in total. The van der Waals surface area contributed by atoms with E-state index >= 15 is 0 Å². The van der Waals surface area contributed by atoms with Gasteiger partial charge in [0, 0.05) is 5.69 Å². The van der Waals surface area contributed by atoms with Gasteiger partial charge in [0.1, 0.15) is 0 Å². The van der Waals surface area contributed by atoms with Crippen LogP contribution in [-0.4, -0.2) is 26.2 Å². The molecule has 0 unspecified atom stereocenters. The number of carbonyl (C=O) groups excluding carboxylic acids is 1. The molecule has 0 saturated carbocycles. The van der Waals surface area contributed by atoms with Crippen LogP contribution >= 0.6 is 0 Å². The number of amides is 1. The number of nitrogens with zero attached hydrogens (tertiary/aromatic N) is 4. The Morgan fingerprint density at radius 1 is 1.00 bits per heavy atom. The maximum atomic E-state index is 12.0. The average molecular weight is 294 g/mol. The molecule has 7 heteroatoms. The van der Waals surface area contributed by atoms with Crippen LogP contribution in [0.15, 0.2) is 60.7 Å². The molecule has 0 aliphatic heterocycles. The van der Waals surface area contributed by atoms with Crippen LogP contribution in [0.3, 0.4) is 0 Å². The molecule has 0 spiro atoms. The summed E-state index contributed by atoms with van der Waals surface area (Å²) in [4.78, 5) is 13.2. The van der Waals surface area contributed by atoms with E-state index in [2.05, 4.69) is 26.3 Å². The quantitative estimate of drug-likeness (QED) is 0.748. The van der Waals surface area contributed by atoms with Crippen molar-refractivity contribution >= 4 is 17.5 Å². The van der Waals surface area contributed by atoms with Gasteiger partial charge in [-0.1, -0.05) is 53.6 Å². The van der Waals surface area contributed by atoms with E-state index in [1.165, 1.54) is 4.79 Å². The summed E-state index contributed by atoms with van der Waals surface area (Å²) >= 11 is 0. The number of rotatable bonds is 5. The smallest absolute Gasteiger partial charge is 0.267 e. The zero-order chi connectivity index (χ0) is 15.2. The summed E-state index contributed by atoms with van der Waals surface area (Å²) in [6.45, 7) is 0. The first-order valence-corrected chi connectivity index (χ1v) is 6.75. The van der Waals surface area contributed by atoms with Crippen LogP contribution in [0.25, 0.3) is 0 Å². The molecule has 3 rings (SSSR count). The predicted octanol–water partition coefficient (Wildman–Crippen LogP) is 1.73. The highest BCUT2D eigenvalue weighted by Gasteiger charge is 2.10. The van der Waals surface area contributed by atoms with Crippen molar-refractivity contribution in [3.05, 3.63) is 66.2 Å². The van der Waals surface area contributed by atoms with Gasteiger partial charge in [-0.3, -0.25) is 4.79 Å². The third-order valence-corrected chi connectivity index (χ3v) is 2.94. The van der Waals surface area contributed by atoms with E-state index in [4.69, 9.17) is 0 Å². The number of para-hydroxylation sites is 1. The number of tetrazole rings is 1. The number of hydrogen-bond acceptors (Lipinski definition) is 5. The molecule has 0 atom stereocenters. The molecule has 1 aromatic heterocycles. The highest BCUT2D eigenvalue weighted by atomic mass is 16.2. The minimum atomic E-state index is -0.199. The van der Waals surface area contributed by atoms with Crippen LogP contribution < -0.4 is 10.7 Å². The van der Waals surface area contributed by atoms with Crippen LogP contribution in [-0.2, 0) is 11.2 Å². The first kappa shape index (κ1) is 13.7. The Morgan fingerprint density at radius 2 is 1.68 bits per heavy atom. The molecular formula is C15H14N6O. The molecule has 0 aliphatic carbocycles. The van der Waals surface area contributed by atoms with Gasteiger partial charge in [-0.05, 0) is 28.1 Å². The molecule has 0 saturated heterocycles. The lowest BCUT2D eigenvalue weighted by molar-refractivity contribution is -0.116. The average Bonchev–Trinajstić information content (AvgIpc) is 2.96. The lowest BCUT2D eigenvalue weighted by atomic mass is 10.1. The van der Waals surface area contributed by atoms with Gasteiger partial charge in [-0.2, -0.15) is 0 Å². The lowest BCUT2D eigenvalue weighted by Gasteiger charge is -2.08. The summed E-state index contributed by atoms with van der Waals surface area (Å²) in [6, 6.07) is 18.9. The topological polar surface area (TPSA) is 84.7 Å². The normalized spacial score (nSPS) is 10.2. The number of anilines is 2. The fraction of sp³-hybridized carbons (Fsp3) is 0.0667. The van der Waals surface area contributed by atoms with E-state index in [1.807, 2.05) is 60.7 Å². The van der Waals surface area contributed by atoms with Crippen LogP contribution in [0.5, 0.6) is 0 Å². The van der Waals surface area contributed by atoms with Gasteiger partial charge in [0.15, 0.2) is 0 Å². The van der Waals surface area contributed by atoms with E-state index in [-0.39, 0.29) is 12.3 Å². The summed E-state index contributed by atoms with van der Waals surface area (Å²) in [5.41, 5.74) is 4.39. The second-order valence-electron chi connectivity index (χ2n) is 4.60. The molecule has 0 bridgehead atoms. The second kappa shape index (κ2) is 6.49. The second-order valence-corrected chi connectivity index (χ2v) is 4.60. The van der Waals surface area contributed by atoms with E-state index in [0.717, 1.165) is 11.3 Å². The number of hydrogen-bond donors (Lipinski definition) is 2. The van der Waals surface area contributed by atoms with Crippen molar-refractivity contribution in [1.82, 2.24) is 20.3 Å².